The molecule has 0 aliphatic carbocycles. The van der Waals surface area contributed by atoms with E-state index in [9.17, 15) is 0 Å². The van der Waals surface area contributed by atoms with Gasteiger partial charge in [0.1, 0.15) is 17.2 Å². The topological polar surface area (TPSA) is 27.7 Å². The Morgan fingerprint density at radius 2 is 0.755 bits per heavy atom. The fourth-order valence-electron chi connectivity index (χ4n) is 6.15. The van der Waals surface area contributed by atoms with Gasteiger partial charge in [-0.15, -0.1) is 0 Å². The molecule has 0 saturated heterocycles. The average Bonchev–Trinajstić information content (AvgIpc) is 3.17. The molecule has 0 atom stereocenters. The molecule has 0 aliphatic rings. The number of rotatable bonds is 10. The fraction of sp³-hybridized carbons (Fsp3) is 0. The van der Waals surface area contributed by atoms with Crippen LogP contribution in [-0.4, -0.2) is 0 Å². The summed E-state index contributed by atoms with van der Waals surface area (Å²) < 4.78 is 19.8. The van der Waals surface area contributed by atoms with Crippen molar-refractivity contribution in [2.24, 2.45) is 0 Å². The molecule has 49 heavy (non-hydrogen) atoms. The molecule has 0 aromatic heterocycles. The van der Waals surface area contributed by atoms with Gasteiger partial charge in [0.25, 0.3) is 0 Å². The van der Waals surface area contributed by atoms with Crippen molar-refractivity contribution in [2.45, 2.75) is 0 Å². The van der Waals surface area contributed by atoms with Gasteiger partial charge in [-0.05, 0) is 75.7 Å². The van der Waals surface area contributed by atoms with E-state index in [1.54, 1.807) is 0 Å². The third-order valence-corrected chi connectivity index (χ3v) is 11.9. The molecule has 0 amide bonds. The van der Waals surface area contributed by atoms with Gasteiger partial charge in [-0.25, -0.2) is 0 Å². The van der Waals surface area contributed by atoms with Crippen LogP contribution in [0.3, 0.4) is 0 Å². The first-order valence-corrected chi connectivity index (χ1v) is 18.6. The molecule has 8 rings (SSSR count). The van der Waals surface area contributed by atoms with Crippen molar-refractivity contribution >= 4 is 54.0 Å². The van der Waals surface area contributed by atoms with Gasteiger partial charge in [-0.3, -0.25) is 0 Å². The van der Waals surface area contributed by atoms with Gasteiger partial charge < -0.3 is 13.6 Å². The highest BCUT2D eigenvalue weighted by molar-refractivity contribution is 7.80. The number of benzene rings is 8. The van der Waals surface area contributed by atoms with Crippen molar-refractivity contribution in [3.05, 3.63) is 194 Å². The van der Waals surface area contributed by atoms with Crippen molar-refractivity contribution in [2.75, 3.05) is 0 Å². The molecule has 0 heterocycles. The molecule has 0 unspecified atom stereocenters. The zero-order valence-corrected chi connectivity index (χ0v) is 28.4. The van der Waals surface area contributed by atoms with Gasteiger partial charge in [0.2, 0.25) is 0 Å². The van der Waals surface area contributed by atoms with E-state index in [0.717, 1.165) is 27.3 Å². The highest BCUT2D eigenvalue weighted by atomic mass is 31.2. The lowest BCUT2D eigenvalue weighted by molar-refractivity contribution is 0.389. The molecule has 236 valence electrons. The third kappa shape index (κ3) is 6.65. The number of hydrogen-bond donors (Lipinski definition) is 0. The Morgan fingerprint density at radius 1 is 0.327 bits per heavy atom. The normalized spacial score (nSPS) is 11.2. The lowest BCUT2D eigenvalue weighted by Gasteiger charge is -2.26. The van der Waals surface area contributed by atoms with Crippen LogP contribution >= 0.6 is 16.5 Å². The predicted octanol–water partition coefficient (Wildman–Crippen LogP) is 11.2. The highest BCUT2D eigenvalue weighted by Gasteiger charge is 2.28. The van der Waals surface area contributed by atoms with Crippen LogP contribution in [0.2, 0.25) is 0 Å². The average molecular weight is 671 g/mol. The summed E-state index contributed by atoms with van der Waals surface area (Å²) in [6, 6.07) is 67.0. The van der Waals surface area contributed by atoms with Crippen LogP contribution in [0, 0.1) is 0 Å². The van der Waals surface area contributed by atoms with E-state index >= 15 is 0 Å². The highest BCUT2D eigenvalue weighted by Crippen LogP contribution is 2.50. The Morgan fingerprint density at radius 3 is 1.29 bits per heavy atom. The van der Waals surface area contributed by atoms with E-state index in [2.05, 4.69) is 133 Å². The van der Waals surface area contributed by atoms with Gasteiger partial charge in [-0.2, -0.15) is 0 Å². The molecular weight excluding hydrogens is 638 g/mol. The van der Waals surface area contributed by atoms with Crippen molar-refractivity contribution in [3.8, 4) is 28.4 Å². The second-order valence-electron chi connectivity index (χ2n) is 11.5. The van der Waals surface area contributed by atoms with Crippen molar-refractivity contribution < 1.29 is 13.6 Å². The van der Waals surface area contributed by atoms with Crippen molar-refractivity contribution in [1.82, 2.24) is 0 Å². The van der Waals surface area contributed by atoms with E-state index in [0.29, 0.717) is 17.2 Å². The Balaban J connectivity index is 1.38. The van der Waals surface area contributed by atoms with Crippen LogP contribution in [-0.2, 0) is 0 Å². The quantitative estimate of drug-likeness (QED) is 0.136. The van der Waals surface area contributed by atoms with E-state index in [1.807, 2.05) is 60.7 Å². The van der Waals surface area contributed by atoms with Gasteiger partial charge in [0, 0.05) is 11.1 Å². The van der Waals surface area contributed by atoms with Crippen LogP contribution in [0.4, 0.5) is 0 Å². The molecule has 5 heteroatoms. The van der Waals surface area contributed by atoms with E-state index in [-0.39, 0.29) is 0 Å². The molecule has 0 saturated carbocycles. The van der Waals surface area contributed by atoms with E-state index in [4.69, 9.17) is 13.6 Å². The fourth-order valence-corrected chi connectivity index (χ4v) is 9.63. The number of fused-ring (bicyclic) bond motifs is 2. The maximum absolute atomic E-state index is 6.94. The minimum absolute atomic E-state index is 0.675. The minimum atomic E-state index is -1.90. The van der Waals surface area contributed by atoms with Gasteiger partial charge in [0.05, 0.1) is 0 Å². The van der Waals surface area contributed by atoms with Gasteiger partial charge >= 0.3 is 8.60 Å². The Bertz CT molecular complexity index is 2230. The number of para-hydroxylation sites is 2. The summed E-state index contributed by atoms with van der Waals surface area (Å²) in [5.41, 5.74) is 2.17. The molecule has 0 fully saturated rings. The van der Waals surface area contributed by atoms with Crippen molar-refractivity contribution in [3.63, 3.8) is 0 Å². The first kappa shape index (κ1) is 30.8. The first-order valence-electron chi connectivity index (χ1n) is 16.2. The molecule has 0 spiro atoms. The van der Waals surface area contributed by atoms with E-state index < -0.39 is 16.5 Å². The summed E-state index contributed by atoms with van der Waals surface area (Å²) >= 11 is 0. The zero-order valence-electron chi connectivity index (χ0n) is 26.6. The SMILES string of the molecule is c1ccc(OP(Oc2ccccc2)Oc2ccc3ccccc3c2-c2c(P(c3ccccc3)c3ccccc3)ccc3ccccc23)cc1. The molecule has 0 bridgehead atoms. The second kappa shape index (κ2) is 14.3. The summed E-state index contributed by atoms with van der Waals surface area (Å²) in [4.78, 5) is 0. The second-order valence-corrected chi connectivity index (χ2v) is 14.7. The Labute approximate surface area is 289 Å². The first-order chi connectivity index (χ1) is 24.3. The molecule has 8 aromatic rings. The summed E-state index contributed by atoms with van der Waals surface area (Å²) in [7, 11) is -2.85. The van der Waals surface area contributed by atoms with E-state index in [1.165, 1.54) is 21.3 Å². The zero-order chi connectivity index (χ0) is 32.8. The summed E-state index contributed by atoms with van der Waals surface area (Å²) in [6.07, 6.45) is 0. The third-order valence-electron chi connectivity index (χ3n) is 8.34. The van der Waals surface area contributed by atoms with Gasteiger partial charge in [-0.1, -0.05) is 164 Å². The predicted molar refractivity (Wildman–Crippen MR) is 207 cm³/mol. The monoisotopic (exact) mass is 670 g/mol. The van der Waals surface area contributed by atoms with Crippen LogP contribution < -0.4 is 29.5 Å². The molecular formula is C44H32O3P2. The molecule has 0 radical (unpaired) electrons. The number of hydrogen-bond acceptors (Lipinski definition) is 3. The minimum Gasteiger partial charge on any atom is -0.409 e. The van der Waals surface area contributed by atoms with Crippen LogP contribution in [0.1, 0.15) is 0 Å². The van der Waals surface area contributed by atoms with Crippen LogP contribution in [0.25, 0.3) is 32.7 Å². The van der Waals surface area contributed by atoms with Gasteiger partial charge in [0.15, 0.2) is 0 Å². The maximum atomic E-state index is 6.94. The largest absolute Gasteiger partial charge is 0.530 e. The Kier molecular flexibility index (Phi) is 9.03. The maximum Gasteiger partial charge on any atom is 0.530 e. The molecule has 3 nitrogen and oxygen atoms in total. The summed E-state index contributed by atoms with van der Waals surface area (Å²) in [5.74, 6) is 2.05. The van der Waals surface area contributed by atoms with Crippen molar-refractivity contribution in [1.29, 1.82) is 0 Å². The lowest BCUT2D eigenvalue weighted by Crippen LogP contribution is -2.22. The standard InChI is InChI=1S/C44H32O3P2/c1-5-19-35(20-6-1)45-49(46-36-21-7-2-8-22-36)47-41-31-29-33-17-13-15-27-39(33)43(41)44-40-28-16-14-18-34(40)30-32-42(44)48(37-23-9-3-10-24-37)38-25-11-4-12-26-38/h1-32H. The molecule has 0 aliphatic heterocycles. The summed E-state index contributed by atoms with van der Waals surface area (Å²) in [5, 5.41) is 8.38. The molecule has 0 N–H and O–H groups in total. The smallest absolute Gasteiger partial charge is 0.409 e. The Hall–Kier alpha value is -5.46. The summed E-state index contributed by atoms with van der Waals surface area (Å²) in [6.45, 7) is 0. The lowest BCUT2D eigenvalue weighted by atomic mass is 9.93. The van der Waals surface area contributed by atoms with Crippen LogP contribution in [0.5, 0.6) is 17.2 Å². The van der Waals surface area contributed by atoms with Crippen LogP contribution in [0.15, 0.2) is 194 Å². The molecule has 8 aromatic carbocycles.